The minimum atomic E-state index is -0.697. The molecule has 0 radical (unpaired) electrons. The van der Waals surface area contributed by atoms with Crippen molar-refractivity contribution in [2.24, 2.45) is 5.92 Å². The standard InChI is InChI=1S/C22H23N5O5/c1-11(2)17(24-19(28)16-6-5-9-31-16)21-25-18(26-32-21)13-7-8-15-14(10-13)23-20(29)22(30)27(15)12(3)4/h5-12,17H,1-4H3,(H,23,29)(H,24,28). The van der Waals surface area contributed by atoms with Crippen LogP contribution in [0.5, 0.6) is 0 Å². The van der Waals surface area contributed by atoms with Gasteiger partial charge < -0.3 is 19.2 Å². The lowest BCUT2D eigenvalue weighted by Crippen LogP contribution is -2.37. The van der Waals surface area contributed by atoms with Crippen LogP contribution in [0, 0.1) is 5.92 Å². The van der Waals surface area contributed by atoms with Gasteiger partial charge in [0, 0.05) is 11.6 Å². The van der Waals surface area contributed by atoms with Crippen molar-refractivity contribution in [3.8, 4) is 11.4 Å². The van der Waals surface area contributed by atoms with Crippen molar-refractivity contribution in [2.75, 3.05) is 0 Å². The van der Waals surface area contributed by atoms with E-state index in [1.807, 2.05) is 27.7 Å². The second-order valence-corrected chi connectivity index (χ2v) is 8.08. The highest BCUT2D eigenvalue weighted by Gasteiger charge is 2.26. The number of aromatic amines is 1. The molecule has 0 fully saturated rings. The van der Waals surface area contributed by atoms with E-state index in [2.05, 4.69) is 20.4 Å². The van der Waals surface area contributed by atoms with E-state index in [9.17, 15) is 14.4 Å². The number of amides is 1. The summed E-state index contributed by atoms with van der Waals surface area (Å²) >= 11 is 0. The Labute approximate surface area is 182 Å². The Morgan fingerprint density at radius 3 is 2.59 bits per heavy atom. The summed E-state index contributed by atoms with van der Waals surface area (Å²) in [6.45, 7) is 7.51. The summed E-state index contributed by atoms with van der Waals surface area (Å²) in [6.07, 6.45) is 1.42. The molecule has 4 rings (SSSR count). The van der Waals surface area contributed by atoms with E-state index in [0.717, 1.165) is 0 Å². The maximum atomic E-state index is 12.4. The maximum absolute atomic E-state index is 12.4. The molecule has 0 saturated carbocycles. The van der Waals surface area contributed by atoms with Gasteiger partial charge in [-0.15, -0.1) is 0 Å². The Balaban J connectivity index is 1.69. The molecule has 0 aliphatic heterocycles. The highest BCUT2D eigenvalue weighted by atomic mass is 16.5. The third-order valence-electron chi connectivity index (χ3n) is 5.10. The molecular formula is C22H23N5O5. The average Bonchev–Trinajstić information content (AvgIpc) is 3.44. The van der Waals surface area contributed by atoms with Gasteiger partial charge in [-0.25, -0.2) is 0 Å². The van der Waals surface area contributed by atoms with E-state index in [0.29, 0.717) is 22.4 Å². The van der Waals surface area contributed by atoms with E-state index in [4.69, 9.17) is 8.94 Å². The first-order chi connectivity index (χ1) is 15.3. The number of carbonyl (C=O) groups is 1. The molecular weight excluding hydrogens is 414 g/mol. The van der Waals surface area contributed by atoms with Crippen LogP contribution in [0.15, 0.2) is 55.1 Å². The smallest absolute Gasteiger partial charge is 0.316 e. The number of aromatic nitrogens is 4. The van der Waals surface area contributed by atoms with Gasteiger partial charge in [0.2, 0.25) is 11.7 Å². The molecule has 0 spiro atoms. The van der Waals surface area contributed by atoms with Crippen LogP contribution in [0.1, 0.15) is 56.2 Å². The summed E-state index contributed by atoms with van der Waals surface area (Å²) in [4.78, 5) is 43.8. The molecule has 32 heavy (non-hydrogen) atoms. The van der Waals surface area contributed by atoms with Crippen LogP contribution < -0.4 is 16.4 Å². The molecule has 10 nitrogen and oxygen atoms in total. The molecule has 1 unspecified atom stereocenters. The summed E-state index contributed by atoms with van der Waals surface area (Å²) in [6, 6.07) is 7.66. The molecule has 0 aliphatic carbocycles. The Bertz CT molecular complexity index is 1380. The van der Waals surface area contributed by atoms with Crippen LogP contribution in [0.2, 0.25) is 0 Å². The predicted octanol–water partition coefficient (Wildman–Crippen LogP) is 3.04. The Morgan fingerprint density at radius 1 is 1.16 bits per heavy atom. The molecule has 10 heteroatoms. The van der Waals surface area contributed by atoms with E-state index >= 15 is 0 Å². The molecule has 1 aromatic carbocycles. The molecule has 0 bridgehead atoms. The molecule has 4 aromatic rings. The number of furan rings is 1. The van der Waals surface area contributed by atoms with Gasteiger partial charge in [0.05, 0.1) is 17.3 Å². The molecule has 3 aromatic heterocycles. The average molecular weight is 437 g/mol. The first kappa shape index (κ1) is 21.3. The Morgan fingerprint density at radius 2 is 1.94 bits per heavy atom. The largest absolute Gasteiger partial charge is 0.459 e. The maximum Gasteiger partial charge on any atom is 0.316 e. The molecule has 0 saturated heterocycles. The summed E-state index contributed by atoms with van der Waals surface area (Å²) in [5.74, 6) is 0.308. The molecule has 166 valence electrons. The van der Waals surface area contributed by atoms with Gasteiger partial charge in [0.1, 0.15) is 6.04 Å². The molecule has 0 aliphatic rings. The third-order valence-corrected chi connectivity index (χ3v) is 5.10. The van der Waals surface area contributed by atoms with Crippen LogP contribution in [0.4, 0.5) is 0 Å². The minimum absolute atomic E-state index is 0.0318. The number of rotatable bonds is 6. The fraction of sp³-hybridized carbons (Fsp3) is 0.318. The molecule has 3 heterocycles. The zero-order valence-corrected chi connectivity index (χ0v) is 18.1. The van der Waals surface area contributed by atoms with Gasteiger partial charge in [0.25, 0.3) is 5.91 Å². The zero-order chi connectivity index (χ0) is 23.0. The van der Waals surface area contributed by atoms with Crippen molar-refractivity contribution in [1.29, 1.82) is 0 Å². The minimum Gasteiger partial charge on any atom is -0.459 e. The Hall–Kier alpha value is -3.95. The van der Waals surface area contributed by atoms with Gasteiger partial charge in [-0.05, 0) is 50.1 Å². The first-order valence-electron chi connectivity index (χ1n) is 10.2. The van der Waals surface area contributed by atoms with Crippen LogP contribution in [-0.2, 0) is 0 Å². The van der Waals surface area contributed by atoms with Crippen LogP contribution in [-0.4, -0.2) is 25.6 Å². The topological polar surface area (TPSA) is 136 Å². The van der Waals surface area contributed by atoms with E-state index < -0.39 is 17.2 Å². The van der Waals surface area contributed by atoms with Crippen LogP contribution in [0.3, 0.4) is 0 Å². The van der Waals surface area contributed by atoms with Crippen molar-refractivity contribution in [3.05, 3.63) is 69.0 Å². The van der Waals surface area contributed by atoms with Gasteiger partial charge in [0.15, 0.2) is 5.76 Å². The van der Waals surface area contributed by atoms with Gasteiger partial charge in [-0.3, -0.25) is 19.0 Å². The van der Waals surface area contributed by atoms with E-state index in [-0.39, 0.29) is 29.5 Å². The van der Waals surface area contributed by atoms with Gasteiger partial charge >= 0.3 is 11.1 Å². The summed E-state index contributed by atoms with van der Waals surface area (Å²) in [5, 5.41) is 6.89. The number of hydrogen-bond donors (Lipinski definition) is 2. The fourth-order valence-corrected chi connectivity index (χ4v) is 3.51. The second-order valence-electron chi connectivity index (χ2n) is 8.08. The predicted molar refractivity (Wildman–Crippen MR) is 116 cm³/mol. The van der Waals surface area contributed by atoms with Crippen molar-refractivity contribution in [3.63, 3.8) is 0 Å². The van der Waals surface area contributed by atoms with E-state index in [1.165, 1.54) is 10.8 Å². The molecule has 1 amide bonds. The highest BCUT2D eigenvalue weighted by Crippen LogP contribution is 2.26. The van der Waals surface area contributed by atoms with Gasteiger partial charge in [-0.1, -0.05) is 19.0 Å². The quantitative estimate of drug-likeness (QED) is 0.442. The number of H-pyrrole nitrogens is 1. The highest BCUT2D eigenvalue weighted by molar-refractivity contribution is 5.91. The number of fused-ring (bicyclic) bond motifs is 1. The lowest BCUT2D eigenvalue weighted by atomic mass is 10.0. The SMILES string of the molecule is CC(C)C(NC(=O)c1ccco1)c1nc(-c2ccc3c(c2)[nH]c(=O)c(=O)n3C(C)C)no1. The zero-order valence-electron chi connectivity index (χ0n) is 18.1. The number of carbonyl (C=O) groups excluding carboxylic acids is 1. The lowest BCUT2D eigenvalue weighted by Gasteiger charge is -2.17. The normalized spacial score (nSPS) is 12.6. The van der Waals surface area contributed by atoms with Crippen molar-refractivity contribution in [1.82, 2.24) is 25.0 Å². The summed E-state index contributed by atoms with van der Waals surface area (Å²) in [5.41, 5.74) is 0.380. The van der Waals surface area contributed by atoms with Crippen molar-refractivity contribution in [2.45, 2.75) is 39.8 Å². The van der Waals surface area contributed by atoms with E-state index in [1.54, 1.807) is 30.3 Å². The van der Waals surface area contributed by atoms with Crippen LogP contribution in [0.25, 0.3) is 22.4 Å². The summed E-state index contributed by atoms with van der Waals surface area (Å²) < 4.78 is 12.0. The van der Waals surface area contributed by atoms with Gasteiger partial charge in [-0.2, -0.15) is 4.98 Å². The third kappa shape index (κ3) is 3.86. The number of nitrogens with one attached hydrogen (secondary N) is 2. The second kappa shape index (κ2) is 8.29. The van der Waals surface area contributed by atoms with Crippen molar-refractivity contribution >= 4 is 16.9 Å². The number of benzene rings is 1. The summed E-state index contributed by atoms with van der Waals surface area (Å²) in [7, 11) is 0. The fourth-order valence-electron chi connectivity index (χ4n) is 3.51. The molecule has 1 atom stereocenters. The number of nitrogens with zero attached hydrogens (tertiary/aromatic N) is 3. The first-order valence-corrected chi connectivity index (χ1v) is 10.2. The van der Waals surface area contributed by atoms with Crippen LogP contribution >= 0.6 is 0 Å². The lowest BCUT2D eigenvalue weighted by molar-refractivity contribution is 0.0885. The molecule has 2 N–H and O–H groups in total. The van der Waals surface area contributed by atoms with Crippen molar-refractivity contribution < 1.29 is 13.7 Å². The number of hydrogen-bond acceptors (Lipinski definition) is 7. The Kier molecular flexibility index (Phi) is 5.52. The monoisotopic (exact) mass is 437 g/mol.